The maximum absolute atomic E-state index is 13.3. The van der Waals surface area contributed by atoms with Crippen LogP contribution in [0, 0.1) is 17.3 Å². The Labute approximate surface area is 183 Å². The molecule has 31 heavy (non-hydrogen) atoms. The average molecular weight is 444 g/mol. The zero-order valence-corrected chi connectivity index (χ0v) is 17.5. The lowest BCUT2D eigenvalue weighted by molar-refractivity contribution is -0.173. The van der Waals surface area contributed by atoms with Crippen LogP contribution in [-0.4, -0.2) is 27.6 Å². The molecule has 0 unspecified atom stereocenters. The van der Waals surface area contributed by atoms with Gasteiger partial charge in [-0.1, -0.05) is 11.6 Å². The van der Waals surface area contributed by atoms with E-state index in [0.29, 0.717) is 54.0 Å². The zero-order valence-electron chi connectivity index (χ0n) is 16.8. The lowest BCUT2D eigenvalue weighted by atomic mass is 9.47. The van der Waals surface area contributed by atoms with Gasteiger partial charge in [-0.2, -0.15) is 5.10 Å². The lowest BCUT2D eigenvalue weighted by Crippen LogP contribution is -2.61. The van der Waals surface area contributed by atoms with Crippen LogP contribution in [0.3, 0.4) is 0 Å². The molecule has 4 bridgehead atoms. The van der Waals surface area contributed by atoms with Gasteiger partial charge in [0, 0.05) is 11.8 Å². The molecule has 8 nitrogen and oxygen atoms in total. The number of anilines is 2. The normalized spacial score (nSPS) is 32.3. The van der Waals surface area contributed by atoms with Gasteiger partial charge in [0.1, 0.15) is 5.02 Å². The second kappa shape index (κ2) is 6.38. The number of aromatic nitrogens is 2. The van der Waals surface area contributed by atoms with Crippen LogP contribution < -0.4 is 20.3 Å². The number of carboxylic acids is 1. The highest BCUT2D eigenvalue weighted by molar-refractivity contribution is 6.33. The van der Waals surface area contributed by atoms with Crippen LogP contribution in [-0.2, 0) is 10.3 Å². The fraction of sp³-hybridized carbons (Fsp3) is 0.500. The molecular weight excluding hydrogens is 422 g/mol. The van der Waals surface area contributed by atoms with Crippen LogP contribution in [0.25, 0.3) is 0 Å². The summed E-state index contributed by atoms with van der Waals surface area (Å²) >= 11 is 6.49. The van der Waals surface area contributed by atoms with Crippen molar-refractivity contribution in [2.45, 2.75) is 44.1 Å². The molecule has 2 atom stereocenters. The minimum absolute atomic E-state index is 0.0489. The number of hydrogen-bond acceptors (Lipinski definition) is 6. The third kappa shape index (κ3) is 2.77. The zero-order chi connectivity index (χ0) is 21.4. The molecule has 0 spiro atoms. The maximum atomic E-state index is 13.3. The quantitative estimate of drug-likeness (QED) is 0.741. The van der Waals surface area contributed by atoms with Crippen molar-refractivity contribution in [3.8, 4) is 11.5 Å². The lowest BCUT2D eigenvalue weighted by Gasteiger charge is -2.60. The Hall–Kier alpha value is -2.74. The van der Waals surface area contributed by atoms with Gasteiger partial charge in [-0.25, -0.2) is 4.68 Å². The molecule has 4 aliphatic carbocycles. The highest BCUT2D eigenvalue weighted by Gasteiger charge is 2.62. The van der Waals surface area contributed by atoms with Crippen molar-refractivity contribution >= 4 is 28.9 Å². The van der Waals surface area contributed by atoms with Crippen molar-refractivity contribution in [1.29, 1.82) is 0 Å². The molecule has 0 amide bonds. The standard InChI is InChI=1S/C22H22ClN3O5/c23-18-15(25-14-1-2-16-17(4-14)31-11-30-16)9-24-26(19(18)27)22-7-12-3-13(8-22)6-21(5-12,10-22)20(28)29/h1-2,4,9,12-13,25H,3,5-8,10-11H2,(H,28,29)/t12-,13-,21?,22?/m1/s1. The minimum Gasteiger partial charge on any atom is -0.481 e. The Morgan fingerprint density at radius 3 is 2.68 bits per heavy atom. The van der Waals surface area contributed by atoms with E-state index in [1.165, 1.54) is 4.68 Å². The summed E-state index contributed by atoms with van der Waals surface area (Å²) in [7, 11) is 0. The molecule has 2 aromatic rings. The first-order chi connectivity index (χ1) is 14.9. The van der Waals surface area contributed by atoms with Gasteiger partial charge < -0.3 is 19.9 Å². The average Bonchev–Trinajstić information content (AvgIpc) is 3.18. The van der Waals surface area contributed by atoms with E-state index in [1.54, 1.807) is 18.3 Å². The maximum Gasteiger partial charge on any atom is 0.309 e. The van der Waals surface area contributed by atoms with Gasteiger partial charge in [0.25, 0.3) is 5.56 Å². The van der Waals surface area contributed by atoms with E-state index in [2.05, 4.69) is 10.4 Å². The van der Waals surface area contributed by atoms with Crippen LogP contribution in [0.4, 0.5) is 11.4 Å². The molecule has 0 saturated heterocycles. The molecule has 0 radical (unpaired) electrons. The minimum atomic E-state index is -0.749. The topological polar surface area (TPSA) is 103 Å². The van der Waals surface area contributed by atoms with Gasteiger partial charge in [-0.3, -0.25) is 9.59 Å². The van der Waals surface area contributed by atoms with Gasteiger partial charge >= 0.3 is 5.97 Å². The van der Waals surface area contributed by atoms with Crippen molar-refractivity contribution in [1.82, 2.24) is 9.78 Å². The number of carboxylic acid groups (broad SMARTS) is 1. The van der Waals surface area contributed by atoms with Crippen molar-refractivity contribution in [3.05, 3.63) is 39.8 Å². The highest BCUT2D eigenvalue weighted by atomic mass is 35.5. The van der Waals surface area contributed by atoms with Crippen LogP contribution in [0.1, 0.15) is 38.5 Å². The van der Waals surface area contributed by atoms with Gasteiger partial charge in [0.05, 0.1) is 22.8 Å². The number of nitrogens with zero attached hydrogens (tertiary/aromatic N) is 2. The van der Waals surface area contributed by atoms with Gasteiger partial charge in [-0.05, 0) is 62.5 Å². The van der Waals surface area contributed by atoms with E-state index in [4.69, 9.17) is 21.1 Å². The van der Waals surface area contributed by atoms with Crippen molar-refractivity contribution in [2.24, 2.45) is 17.3 Å². The monoisotopic (exact) mass is 443 g/mol. The Bertz CT molecular complexity index is 1150. The van der Waals surface area contributed by atoms with Crippen LogP contribution in [0.2, 0.25) is 5.02 Å². The number of rotatable bonds is 4. The number of nitrogens with one attached hydrogen (secondary N) is 1. The van der Waals surface area contributed by atoms with Crippen molar-refractivity contribution in [3.63, 3.8) is 0 Å². The first-order valence-corrected chi connectivity index (χ1v) is 10.9. The second-order valence-electron chi connectivity index (χ2n) is 9.55. The number of aliphatic carboxylic acids is 1. The van der Waals surface area contributed by atoms with E-state index in [9.17, 15) is 14.7 Å². The summed E-state index contributed by atoms with van der Waals surface area (Å²) in [6.07, 6.45) is 6.02. The summed E-state index contributed by atoms with van der Waals surface area (Å²) in [6, 6.07) is 5.37. The molecule has 4 saturated carbocycles. The van der Waals surface area contributed by atoms with E-state index in [-0.39, 0.29) is 17.4 Å². The molecule has 5 aliphatic rings. The Morgan fingerprint density at radius 2 is 1.94 bits per heavy atom. The molecule has 1 aliphatic heterocycles. The predicted octanol–water partition coefficient (Wildman–Crippen LogP) is 3.75. The molecule has 7 rings (SSSR count). The molecule has 2 N–H and O–H groups in total. The third-order valence-corrected chi connectivity index (χ3v) is 7.87. The van der Waals surface area contributed by atoms with E-state index >= 15 is 0 Å². The second-order valence-corrected chi connectivity index (χ2v) is 9.93. The van der Waals surface area contributed by atoms with Crippen LogP contribution in [0.5, 0.6) is 11.5 Å². The molecule has 162 valence electrons. The fourth-order valence-corrected chi connectivity index (χ4v) is 6.88. The molecule has 9 heteroatoms. The molecular formula is C22H22ClN3O5. The number of fused-ring (bicyclic) bond motifs is 1. The summed E-state index contributed by atoms with van der Waals surface area (Å²) in [5.41, 5.74) is -0.597. The van der Waals surface area contributed by atoms with E-state index < -0.39 is 16.9 Å². The smallest absolute Gasteiger partial charge is 0.309 e. The van der Waals surface area contributed by atoms with E-state index in [0.717, 1.165) is 19.3 Å². The Kier molecular flexibility index (Phi) is 3.91. The summed E-state index contributed by atoms with van der Waals surface area (Å²) in [6.45, 7) is 0.180. The van der Waals surface area contributed by atoms with Crippen molar-refractivity contribution < 1.29 is 19.4 Å². The summed E-state index contributed by atoms with van der Waals surface area (Å²) in [4.78, 5) is 25.4. The summed E-state index contributed by atoms with van der Waals surface area (Å²) in [5.74, 6) is 1.17. The third-order valence-electron chi connectivity index (χ3n) is 7.50. The molecule has 2 heterocycles. The van der Waals surface area contributed by atoms with Gasteiger partial charge in [0.2, 0.25) is 6.79 Å². The predicted molar refractivity (Wildman–Crippen MR) is 112 cm³/mol. The molecule has 1 aromatic carbocycles. The molecule has 4 fully saturated rings. The number of carbonyl (C=O) groups is 1. The fourth-order valence-electron chi connectivity index (χ4n) is 6.70. The number of halogens is 1. The van der Waals surface area contributed by atoms with Crippen LogP contribution in [0.15, 0.2) is 29.2 Å². The largest absolute Gasteiger partial charge is 0.481 e. The Balaban J connectivity index is 1.35. The number of hydrogen-bond donors (Lipinski definition) is 2. The highest BCUT2D eigenvalue weighted by Crippen LogP contribution is 2.64. The first kappa shape index (κ1) is 19.0. The SMILES string of the molecule is O=C(O)C12C[C@H]3C[C@H](C1)CC(n1ncc(Nc4ccc5c(c4)OCO5)c(Cl)c1=O)(C3)C2. The number of ether oxygens (including phenoxy) is 2. The van der Waals surface area contributed by atoms with Gasteiger partial charge in [0.15, 0.2) is 11.5 Å². The summed E-state index contributed by atoms with van der Waals surface area (Å²) < 4.78 is 12.2. The van der Waals surface area contributed by atoms with E-state index in [1.807, 2.05) is 6.07 Å². The summed E-state index contributed by atoms with van der Waals surface area (Å²) in [5, 5.41) is 17.7. The molecule has 1 aromatic heterocycles. The van der Waals surface area contributed by atoms with Gasteiger partial charge in [-0.15, -0.1) is 0 Å². The Morgan fingerprint density at radius 1 is 1.19 bits per heavy atom. The number of benzene rings is 1. The first-order valence-electron chi connectivity index (χ1n) is 10.6. The van der Waals surface area contributed by atoms with Crippen LogP contribution >= 0.6 is 11.6 Å². The van der Waals surface area contributed by atoms with Crippen molar-refractivity contribution in [2.75, 3.05) is 12.1 Å².